The SMILES string of the molecule is CCNC(=NCc1cn2c(C)cccc2n1)NCCCOCC1CCOC1. The monoisotopic (exact) mass is 373 g/mol. The molecular weight excluding hydrogens is 342 g/mol. The van der Waals surface area contributed by atoms with Gasteiger partial charge in [0.05, 0.1) is 25.5 Å². The summed E-state index contributed by atoms with van der Waals surface area (Å²) in [6.07, 6.45) is 4.13. The van der Waals surface area contributed by atoms with Crippen LogP contribution in [0.4, 0.5) is 0 Å². The van der Waals surface area contributed by atoms with Gasteiger partial charge in [-0.05, 0) is 38.8 Å². The number of guanidine groups is 1. The average Bonchev–Trinajstić information content (AvgIpc) is 3.32. The van der Waals surface area contributed by atoms with Gasteiger partial charge in [-0.3, -0.25) is 0 Å². The van der Waals surface area contributed by atoms with Gasteiger partial charge in [0.25, 0.3) is 0 Å². The molecule has 1 saturated heterocycles. The standard InChI is InChI=1S/C20H31N5O2/c1-3-21-20(22-9-5-10-26-14-17-8-11-27-15-17)23-12-18-13-25-16(2)6-4-7-19(25)24-18/h4,6-7,13,17H,3,5,8-12,14-15H2,1-2H3,(H2,21,22,23). The molecule has 0 radical (unpaired) electrons. The van der Waals surface area contributed by atoms with Crippen LogP contribution in [0, 0.1) is 12.8 Å². The summed E-state index contributed by atoms with van der Waals surface area (Å²) in [7, 11) is 0. The first-order valence-corrected chi connectivity index (χ1v) is 9.87. The van der Waals surface area contributed by atoms with Crippen LogP contribution in [0.1, 0.15) is 31.2 Å². The molecule has 7 heteroatoms. The molecule has 3 rings (SSSR count). The third-order valence-electron chi connectivity index (χ3n) is 4.62. The Kier molecular flexibility index (Phi) is 7.47. The van der Waals surface area contributed by atoms with E-state index in [1.54, 1.807) is 0 Å². The van der Waals surface area contributed by atoms with Crippen molar-refractivity contribution < 1.29 is 9.47 Å². The third kappa shape index (κ3) is 5.94. The van der Waals surface area contributed by atoms with E-state index in [-0.39, 0.29) is 0 Å². The smallest absolute Gasteiger partial charge is 0.191 e. The van der Waals surface area contributed by atoms with Gasteiger partial charge in [-0.15, -0.1) is 0 Å². The number of hydrogen-bond acceptors (Lipinski definition) is 4. The third-order valence-corrected chi connectivity index (χ3v) is 4.62. The Morgan fingerprint density at radius 2 is 2.33 bits per heavy atom. The van der Waals surface area contributed by atoms with Crippen LogP contribution in [0.25, 0.3) is 5.65 Å². The fourth-order valence-electron chi connectivity index (χ4n) is 3.12. The van der Waals surface area contributed by atoms with Crippen molar-refractivity contribution in [2.75, 3.05) is 39.5 Å². The lowest BCUT2D eigenvalue weighted by molar-refractivity contribution is 0.0888. The molecule has 7 nitrogen and oxygen atoms in total. The number of imidazole rings is 1. The van der Waals surface area contributed by atoms with Crippen LogP contribution in [0.5, 0.6) is 0 Å². The molecule has 0 saturated carbocycles. The summed E-state index contributed by atoms with van der Waals surface area (Å²) >= 11 is 0. The molecule has 0 bridgehead atoms. The molecule has 1 unspecified atom stereocenters. The summed E-state index contributed by atoms with van der Waals surface area (Å²) in [5, 5.41) is 6.64. The molecule has 2 aromatic heterocycles. The van der Waals surface area contributed by atoms with Crippen molar-refractivity contribution in [3.63, 3.8) is 0 Å². The molecule has 1 atom stereocenters. The number of fused-ring (bicyclic) bond motifs is 1. The molecule has 2 aromatic rings. The van der Waals surface area contributed by atoms with Crippen molar-refractivity contribution in [1.82, 2.24) is 20.0 Å². The maximum absolute atomic E-state index is 5.74. The van der Waals surface area contributed by atoms with Crippen LogP contribution in [-0.4, -0.2) is 54.9 Å². The molecule has 0 spiro atoms. The van der Waals surface area contributed by atoms with Crippen LogP contribution < -0.4 is 10.6 Å². The van der Waals surface area contributed by atoms with Gasteiger partial charge < -0.3 is 24.5 Å². The number of ether oxygens (including phenoxy) is 2. The van der Waals surface area contributed by atoms with Crippen LogP contribution in [0.3, 0.4) is 0 Å². The zero-order valence-corrected chi connectivity index (χ0v) is 16.4. The molecule has 0 aliphatic carbocycles. The first kappa shape index (κ1) is 19.6. The van der Waals surface area contributed by atoms with E-state index in [9.17, 15) is 0 Å². The second-order valence-electron chi connectivity index (χ2n) is 6.91. The maximum atomic E-state index is 5.74. The number of hydrogen-bond donors (Lipinski definition) is 2. The summed E-state index contributed by atoms with van der Waals surface area (Å²) in [4.78, 5) is 9.28. The van der Waals surface area contributed by atoms with E-state index in [1.807, 2.05) is 12.1 Å². The Balaban J connectivity index is 1.42. The molecular formula is C20H31N5O2. The summed E-state index contributed by atoms with van der Waals surface area (Å²) in [6.45, 7) is 9.64. The number of aliphatic imine (C=N–C) groups is 1. The van der Waals surface area contributed by atoms with Crippen molar-refractivity contribution in [3.8, 4) is 0 Å². The van der Waals surface area contributed by atoms with Gasteiger partial charge in [-0.2, -0.15) is 0 Å². The van der Waals surface area contributed by atoms with Gasteiger partial charge >= 0.3 is 0 Å². The number of rotatable bonds is 9. The molecule has 27 heavy (non-hydrogen) atoms. The highest BCUT2D eigenvalue weighted by molar-refractivity contribution is 5.79. The molecule has 1 aliphatic heterocycles. The molecule has 148 valence electrons. The molecule has 0 aromatic carbocycles. The topological polar surface area (TPSA) is 72.2 Å². The Labute approximate surface area is 161 Å². The van der Waals surface area contributed by atoms with Crippen molar-refractivity contribution in [2.24, 2.45) is 10.9 Å². The molecule has 1 fully saturated rings. The van der Waals surface area contributed by atoms with Gasteiger partial charge in [-0.25, -0.2) is 9.98 Å². The number of nitrogens with one attached hydrogen (secondary N) is 2. The van der Waals surface area contributed by atoms with E-state index in [0.29, 0.717) is 12.5 Å². The lowest BCUT2D eigenvalue weighted by Crippen LogP contribution is -2.38. The van der Waals surface area contributed by atoms with Crippen LogP contribution in [0.15, 0.2) is 29.4 Å². The molecule has 1 aliphatic rings. The highest BCUT2D eigenvalue weighted by atomic mass is 16.5. The van der Waals surface area contributed by atoms with Crippen molar-refractivity contribution >= 4 is 11.6 Å². The highest BCUT2D eigenvalue weighted by Crippen LogP contribution is 2.12. The largest absolute Gasteiger partial charge is 0.381 e. The first-order valence-electron chi connectivity index (χ1n) is 9.87. The quantitative estimate of drug-likeness (QED) is 0.400. The van der Waals surface area contributed by atoms with Gasteiger partial charge in [0.2, 0.25) is 0 Å². The van der Waals surface area contributed by atoms with E-state index in [2.05, 4.69) is 51.1 Å². The minimum atomic E-state index is 0.550. The fourth-order valence-corrected chi connectivity index (χ4v) is 3.12. The van der Waals surface area contributed by atoms with Gasteiger partial charge in [0, 0.05) is 44.1 Å². The van der Waals surface area contributed by atoms with E-state index in [1.165, 1.54) is 5.69 Å². The molecule has 3 heterocycles. The second kappa shape index (κ2) is 10.3. The summed E-state index contributed by atoms with van der Waals surface area (Å²) in [5.41, 5.74) is 3.09. The Bertz CT molecular complexity index is 737. The van der Waals surface area contributed by atoms with Gasteiger partial charge in [-0.1, -0.05) is 6.07 Å². The fraction of sp³-hybridized carbons (Fsp3) is 0.600. The van der Waals surface area contributed by atoms with Crippen LogP contribution in [-0.2, 0) is 16.0 Å². The molecule has 2 N–H and O–H groups in total. The normalized spacial score (nSPS) is 17.6. The zero-order valence-electron chi connectivity index (χ0n) is 16.4. The van der Waals surface area contributed by atoms with E-state index in [0.717, 1.165) is 69.7 Å². The molecule has 0 amide bonds. The van der Waals surface area contributed by atoms with Crippen LogP contribution in [0.2, 0.25) is 0 Å². The number of aromatic nitrogens is 2. The Morgan fingerprint density at radius 3 is 3.11 bits per heavy atom. The summed E-state index contributed by atoms with van der Waals surface area (Å²) < 4.78 is 13.2. The predicted octanol–water partition coefficient (Wildman–Crippen LogP) is 2.14. The maximum Gasteiger partial charge on any atom is 0.191 e. The average molecular weight is 374 g/mol. The van der Waals surface area contributed by atoms with Gasteiger partial charge in [0.15, 0.2) is 5.96 Å². The zero-order chi connectivity index (χ0) is 18.9. The van der Waals surface area contributed by atoms with Crippen molar-refractivity contribution in [1.29, 1.82) is 0 Å². The number of pyridine rings is 1. The van der Waals surface area contributed by atoms with Crippen LogP contribution >= 0.6 is 0 Å². The minimum Gasteiger partial charge on any atom is -0.381 e. The van der Waals surface area contributed by atoms with Crippen molar-refractivity contribution in [3.05, 3.63) is 35.8 Å². The predicted molar refractivity (Wildman–Crippen MR) is 107 cm³/mol. The van der Waals surface area contributed by atoms with E-state index < -0.39 is 0 Å². The summed E-state index contributed by atoms with van der Waals surface area (Å²) in [5.74, 6) is 1.39. The first-order chi connectivity index (χ1) is 13.3. The van der Waals surface area contributed by atoms with E-state index in [4.69, 9.17) is 9.47 Å². The van der Waals surface area contributed by atoms with Gasteiger partial charge in [0.1, 0.15) is 5.65 Å². The Morgan fingerprint density at radius 1 is 1.41 bits per heavy atom. The second-order valence-corrected chi connectivity index (χ2v) is 6.91. The lowest BCUT2D eigenvalue weighted by atomic mass is 10.1. The summed E-state index contributed by atoms with van der Waals surface area (Å²) in [6, 6.07) is 6.12. The number of aryl methyl sites for hydroxylation is 1. The minimum absolute atomic E-state index is 0.550. The Hall–Kier alpha value is -2.12. The highest BCUT2D eigenvalue weighted by Gasteiger charge is 2.15. The number of nitrogens with zero attached hydrogens (tertiary/aromatic N) is 3. The van der Waals surface area contributed by atoms with E-state index >= 15 is 0 Å². The lowest BCUT2D eigenvalue weighted by Gasteiger charge is -2.12. The van der Waals surface area contributed by atoms with Crippen molar-refractivity contribution in [2.45, 2.75) is 33.2 Å².